The van der Waals surface area contributed by atoms with Crippen LogP contribution in [-0.2, 0) is 4.79 Å². The van der Waals surface area contributed by atoms with Gasteiger partial charge in [0.15, 0.2) is 0 Å². The molecule has 0 radical (unpaired) electrons. The van der Waals surface area contributed by atoms with E-state index in [1.165, 1.54) is 18.2 Å². The maximum Gasteiger partial charge on any atom is 0.294 e. The number of nitrogens with one attached hydrogen (secondary N) is 2. The number of piperidine rings is 1. The van der Waals surface area contributed by atoms with E-state index < -0.39 is 4.92 Å². The molecule has 8 heteroatoms. The Bertz CT molecular complexity index is 535. The van der Waals surface area contributed by atoms with Gasteiger partial charge in [0.25, 0.3) is 5.69 Å². The van der Waals surface area contributed by atoms with Gasteiger partial charge in [0.05, 0.1) is 10.7 Å². The minimum atomic E-state index is -0.554. The molecule has 1 saturated heterocycles. The Morgan fingerprint density at radius 3 is 2.86 bits per heavy atom. The van der Waals surface area contributed by atoms with Gasteiger partial charge in [-0.2, -0.15) is 0 Å². The molecule has 1 aliphatic heterocycles. The summed E-state index contributed by atoms with van der Waals surface area (Å²) < 4.78 is 0. The monoisotopic (exact) mass is 329 g/mol. The smallest absolute Gasteiger partial charge is 0.294 e. The summed E-state index contributed by atoms with van der Waals surface area (Å²) in [4.78, 5) is 22.3. The summed E-state index contributed by atoms with van der Waals surface area (Å²) >= 11 is 7.33. The van der Waals surface area contributed by atoms with E-state index in [9.17, 15) is 14.9 Å². The topological polar surface area (TPSA) is 84.3 Å². The Morgan fingerprint density at radius 1 is 1.48 bits per heavy atom. The van der Waals surface area contributed by atoms with E-state index in [-0.39, 0.29) is 22.3 Å². The van der Waals surface area contributed by atoms with Gasteiger partial charge in [0.1, 0.15) is 5.69 Å². The fraction of sp³-hybridized carbons (Fsp3) is 0.462. The molecule has 1 aliphatic rings. The minimum absolute atomic E-state index is 0.181. The standard InChI is InChI=1S/C13H16ClN3O3S/c14-9-1-2-11(12(7-9)17(19)20)16-13(18)8-21-10-3-5-15-6-4-10/h1-2,7,10,15H,3-6,8H2,(H,16,18). The Balaban J connectivity index is 1.91. The zero-order valence-corrected chi connectivity index (χ0v) is 12.9. The zero-order valence-electron chi connectivity index (χ0n) is 11.3. The number of anilines is 1. The first-order chi connectivity index (χ1) is 10.1. The van der Waals surface area contributed by atoms with Crippen molar-refractivity contribution >= 4 is 40.6 Å². The quantitative estimate of drug-likeness (QED) is 0.641. The van der Waals surface area contributed by atoms with Crippen LogP contribution >= 0.6 is 23.4 Å². The summed E-state index contributed by atoms with van der Waals surface area (Å²) in [6.45, 7) is 1.95. The van der Waals surface area contributed by atoms with E-state index >= 15 is 0 Å². The van der Waals surface area contributed by atoms with Crippen molar-refractivity contribution in [1.29, 1.82) is 0 Å². The van der Waals surface area contributed by atoms with Crippen molar-refractivity contribution < 1.29 is 9.72 Å². The number of carbonyl (C=O) groups excluding carboxylic acids is 1. The Morgan fingerprint density at radius 2 is 2.19 bits per heavy atom. The molecule has 0 bridgehead atoms. The summed E-state index contributed by atoms with van der Waals surface area (Å²) in [5, 5.41) is 17.5. The van der Waals surface area contributed by atoms with Gasteiger partial charge in [-0.05, 0) is 38.1 Å². The molecule has 0 unspecified atom stereocenters. The predicted molar refractivity (Wildman–Crippen MR) is 85.1 cm³/mol. The van der Waals surface area contributed by atoms with Gasteiger partial charge in [-0.1, -0.05) is 11.6 Å². The molecule has 6 nitrogen and oxygen atoms in total. The second kappa shape index (κ2) is 7.63. The molecule has 1 heterocycles. The van der Waals surface area contributed by atoms with Crippen LogP contribution in [0.5, 0.6) is 0 Å². The summed E-state index contributed by atoms with van der Waals surface area (Å²) in [6, 6.07) is 4.20. The second-order valence-corrected chi connectivity index (χ2v) is 6.45. The summed E-state index contributed by atoms with van der Waals surface area (Å²) in [7, 11) is 0. The highest BCUT2D eigenvalue weighted by molar-refractivity contribution is 8.00. The number of rotatable bonds is 5. The van der Waals surface area contributed by atoms with E-state index in [4.69, 9.17) is 11.6 Å². The van der Waals surface area contributed by atoms with Crippen LogP contribution in [0.3, 0.4) is 0 Å². The van der Waals surface area contributed by atoms with Gasteiger partial charge >= 0.3 is 0 Å². The molecule has 0 saturated carbocycles. The lowest BCUT2D eigenvalue weighted by Crippen LogP contribution is -2.30. The fourth-order valence-electron chi connectivity index (χ4n) is 2.10. The van der Waals surface area contributed by atoms with Crippen LogP contribution in [0.15, 0.2) is 18.2 Å². The molecule has 2 N–H and O–H groups in total. The average Bonchev–Trinajstić information content (AvgIpc) is 2.48. The Hall–Kier alpha value is -1.31. The van der Waals surface area contributed by atoms with Crippen molar-refractivity contribution in [1.82, 2.24) is 5.32 Å². The number of nitro groups is 1. The number of nitrogens with zero attached hydrogens (tertiary/aromatic N) is 1. The third-order valence-corrected chi connectivity index (χ3v) is 4.77. The lowest BCUT2D eigenvalue weighted by atomic mass is 10.2. The maximum absolute atomic E-state index is 11.9. The first-order valence-corrected chi connectivity index (χ1v) is 8.05. The molecular formula is C13H16ClN3O3S. The normalized spacial score (nSPS) is 15.7. The number of hydrogen-bond acceptors (Lipinski definition) is 5. The first-order valence-electron chi connectivity index (χ1n) is 6.62. The molecule has 1 aromatic carbocycles. The van der Waals surface area contributed by atoms with Gasteiger partial charge in [0.2, 0.25) is 5.91 Å². The molecule has 0 spiro atoms. The zero-order chi connectivity index (χ0) is 15.2. The van der Waals surface area contributed by atoms with Crippen molar-refractivity contribution in [2.45, 2.75) is 18.1 Å². The SMILES string of the molecule is O=C(CSC1CCNCC1)Nc1ccc(Cl)cc1[N+](=O)[O-]. The van der Waals surface area contributed by atoms with E-state index in [2.05, 4.69) is 10.6 Å². The molecule has 0 aromatic heterocycles. The summed E-state index contributed by atoms with van der Waals surface area (Å²) in [5.41, 5.74) is -0.0111. The van der Waals surface area contributed by atoms with Crippen LogP contribution in [0.25, 0.3) is 0 Å². The first kappa shape index (κ1) is 16.1. The highest BCUT2D eigenvalue weighted by Gasteiger charge is 2.18. The number of thioether (sulfide) groups is 1. The number of halogens is 1. The largest absolute Gasteiger partial charge is 0.320 e. The minimum Gasteiger partial charge on any atom is -0.320 e. The van der Waals surface area contributed by atoms with Crippen molar-refractivity contribution in [3.63, 3.8) is 0 Å². The van der Waals surface area contributed by atoms with E-state index in [1.54, 1.807) is 11.8 Å². The van der Waals surface area contributed by atoms with Gasteiger partial charge in [-0.3, -0.25) is 14.9 Å². The van der Waals surface area contributed by atoms with Crippen LogP contribution in [0.1, 0.15) is 12.8 Å². The maximum atomic E-state index is 11.9. The van der Waals surface area contributed by atoms with Gasteiger partial charge in [0, 0.05) is 16.3 Å². The van der Waals surface area contributed by atoms with Gasteiger partial charge in [-0.25, -0.2) is 0 Å². The van der Waals surface area contributed by atoms with Crippen molar-refractivity contribution in [2.75, 3.05) is 24.2 Å². The third kappa shape index (κ3) is 4.87. The van der Waals surface area contributed by atoms with Crippen molar-refractivity contribution in [2.24, 2.45) is 0 Å². The van der Waals surface area contributed by atoms with Crippen LogP contribution in [0.2, 0.25) is 5.02 Å². The van der Waals surface area contributed by atoms with E-state index in [1.807, 2.05) is 0 Å². The van der Waals surface area contributed by atoms with Crippen LogP contribution in [0.4, 0.5) is 11.4 Å². The van der Waals surface area contributed by atoms with Crippen molar-refractivity contribution in [3.8, 4) is 0 Å². The average molecular weight is 330 g/mol. The number of nitro benzene ring substituents is 1. The van der Waals surface area contributed by atoms with Crippen LogP contribution < -0.4 is 10.6 Å². The third-order valence-electron chi connectivity index (χ3n) is 3.17. The summed E-state index contributed by atoms with van der Waals surface area (Å²) in [5.74, 6) is 0.0636. The summed E-state index contributed by atoms with van der Waals surface area (Å²) in [6.07, 6.45) is 2.08. The molecule has 1 fully saturated rings. The number of amides is 1. The Kier molecular flexibility index (Phi) is 5.84. The molecule has 114 valence electrons. The molecule has 1 aromatic rings. The van der Waals surface area contributed by atoms with Gasteiger partial charge < -0.3 is 10.6 Å². The van der Waals surface area contributed by atoms with E-state index in [0.717, 1.165) is 25.9 Å². The fourth-order valence-corrected chi connectivity index (χ4v) is 3.30. The molecule has 0 aliphatic carbocycles. The number of hydrogen-bond donors (Lipinski definition) is 2. The lowest BCUT2D eigenvalue weighted by molar-refractivity contribution is -0.383. The van der Waals surface area contributed by atoms with Gasteiger partial charge in [-0.15, -0.1) is 11.8 Å². The van der Waals surface area contributed by atoms with Crippen molar-refractivity contribution in [3.05, 3.63) is 33.3 Å². The lowest BCUT2D eigenvalue weighted by Gasteiger charge is -2.21. The molecule has 2 rings (SSSR count). The molecule has 0 atom stereocenters. The Labute approximate surface area is 131 Å². The number of carbonyl (C=O) groups is 1. The highest BCUT2D eigenvalue weighted by Crippen LogP contribution is 2.28. The number of benzene rings is 1. The molecular weight excluding hydrogens is 314 g/mol. The van der Waals surface area contributed by atoms with Crippen LogP contribution in [0, 0.1) is 10.1 Å². The highest BCUT2D eigenvalue weighted by atomic mass is 35.5. The van der Waals surface area contributed by atoms with E-state index in [0.29, 0.717) is 11.0 Å². The predicted octanol–water partition coefficient (Wildman–Crippen LogP) is 2.67. The molecule has 21 heavy (non-hydrogen) atoms. The van der Waals surface area contributed by atoms with Crippen LogP contribution in [-0.4, -0.2) is 34.9 Å². The second-order valence-electron chi connectivity index (χ2n) is 4.73. The molecule has 1 amide bonds.